The van der Waals surface area contributed by atoms with Crippen LogP contribution in [0.15, 0.2) is 60.9 Å². The molecule has 32 heavy (non-hydrogen) atoms. The molecule has 0 aliphatic carbocycles. The molecule has 166 valence electrons. The average molecular weight is 433 g/mol. The van der Waals surface area contributed by atoms with Gasteiger partial charge in [-0.3, -0.25) is 4.79 Å². The van der Waals surface area contributed by atoms with Crippen molar-refractivity contribution in [3.63, 3.8) is 0 Å². The predicted molar refractivity (Wildman–Crippen MR) is 125 cm³/mol. The van der Waals surface area contributed by atoms with E-state index in [1.54, 1.807) is 14.0 Å². The predicted octanol–water partition coefficient (Wildman–Crippen LogP) is 3.07. The highest BCUT2D eigenvalue weighted by Crippen LogP contribution is 2.21. The van der Waals surface area contributed by atoms with Crippen LogP contribution >= 0.6 is 0 Å². The van der Waals surface area contributed by atoms with Crippen molar-refractivity contribution in [3.05, 3.63) is 72.1 Å². The largest absolute Gasteiger partial charge is 0.464 e. The molecular formula is C25H28N4O3. The molecule has 4 rings (SSSR count). The molecule has 7 heteroatoms. The van der Waals surface area contributed by atoms with E-state index in [0.717, 1.165) is 32.9 Å². The molecular weight excluding hydrogens is 404 g/mol. The van der Waals surface area contributed by atoms with Crippen LogP contribution in [0.1, 0.15) is 18.1 Å². The molecule has 0 saturated carbocycles. The number of fused-ring (bicyclic) bond motifs is 2. The van der Waals surface area contributed by atoms with Crippen LogP contribution in [-0.4, -0.2) is 47.6 Å². The lowest BCUT2D eigenvalue weighted by molar-refractivity contribution is -0.147. The summed E-state index contributed by atoms with van der Waals surface area (Å²) in [6, 6.07) is 14.6. The summed E-state index contributed by atoms with van der Waals surface area (Å²) >= 11 is 0. The minimum atomic E-state index is -0.777. The SMILES string of the molecule is CCOC(=O)C(Cc1c[nH]c2ccccc12)NC(=O)C(Cc1c[nH]c2ccccc12)NC. The smallest absolute Gasteiger partial charge is 0.328 e. The average Bonchev–Trinajstić information content (AvgIpc) is 3.41. The van der Waals surface area contributed by atoms with Crippen LogP contribution in [0.3, 0.4) is 0 Å². The van der Waals surface area contributed by atoms with Gasteiger partial charge >= 0.3 is 5.97 Å². The maximum atomic E-state index is 13.1. The van der Waals surface area contributed by atoms with Crippen LogP contribution in [0.4, 0.5) is 0 Å². The third-order valence-electron chi connectivity index (χ3n) is 5.75. The van der Waals surface area contributed by atoms with Gasteiger partial charge in [0, 0.05) is 40.6 Å². The highest BCUT2D eigenvalue weighted by Gasteiger charge is 2.27. The Morgan fingerprint density at radius 1 is 0.875 bits per heavy atom. The fourth-order valence-electron chi connectivity index (χ4n) is 4.08. The van der Waals surface area contributed by atoms with Crippen molar-refractivity contribution in [2.24, 2.45) is 0 Å². The number of aromatic nitrogens is 2. The molecule has 4 N–H and O–H groups in total. The Hall–Kier alpha value is -3.58. The molecule has 2 unspecified atom stereocenters. The van der Waals surface area contributed by atoms with E-state index in [2.05, 4.69) is 20.6 Å². The molecule has 1 amide bonds. The number of hydrogen-bond donors (Lipinski definition) is 4. The molecule has 0 aliphatic heterocycles. The van der Waals surface area contributed by atoms with Crippen LogP contribution in [0, 0.1) is 0 Å². The lowest BCUT2D eigenvalue weighted by atomic mass is 10.0. The molecule has 2 aromatic carbocycles. The van der Waals surface area contributed by atoms with Gasteiger partial charge in [0.25, 0.3) is 0 Å². The molecule has 7 nitrogen and oxygen atoms in total. The molecule has 0 radical (unpaired) electrons. The topological polar surface area (TPSA) is 99.0 Å². The Morgan fingerprint density at radius 3 is 1.94 bits per heavy atom. The maximum Gasteiger partial charge on any atom is 0.328 e. The lowest BCUT2D eigenvalue weighted by Crippen LogP contribution is -2.51. The summed E-state index contributed by atoms with van der Waals surface area (Å²) in [4.78, 5) is 32.3. The fourth-order valence-corrected chi connectivity index (χ4v) is 4.08. The highest BCUT2D eigenvalue weighted by molar-refractivity contribution is 5.90. The third kappa shape index (κ3) is 4.53. The second-order valence-corrected chi connectivity index (χ2v) is 7.78. The standard InChI is InChI=1S/C25H28N4O3/c1-3-32-25(31)23(13-17-15-28-21-11-7-5-9-19(17)21)29-24(30)22(26-2)12-16-14-27-20-10-6-4-8-18(16)20/h4-11,14-15,22-23,26-28H,3,12-13H2,1-2H3,(H,29,30). The van der Waals surface area contributed by atoms with Gasteiger partial charge in [0.05, 0.1) is 12.6 Å². The molecule has 0 saturated heterocycles. The zero-order valence-electron chi connectivity index (χ0n) is 18.3. The summed E-state index contributed by atoms with van der Waals surface area (Å²) in [5.41, 5.74) is 4.02. The van der Waals surface area contributed by atoms with E-state index in [1.165, 1.54) is 0 Å². The molecule has 4 aromatic rings. The number of likely N-dealkylation sites (N-methyl/N-ethyl adjacent to an activating group) is 1. The summed E-state index contributed by atoms with van der Waals surface area (Å²) in [5, 5.41) is 8.11. The number of esters is 1. The zero-order valence-corrected chi connectivity index (χ0v) is 18.3. The van der Waals surface area contributed by atoms with Gasteiger partial charge in [0.1, 0.15) is 6.04 Å². The van der Waals surface area contributed by atoms with E-state index in [4.69, 9.17) is 4.74 Å². The van der Waals surface area contributed by atoms with Gasteiger partial charge in [0.2, 0.25) is 5.91 Å². The van der Waals surface area contributed by atoms with E-state index in [9.17, 15) is 9.59 Å². The number of benzene rings is 2. The molecule has 0 bridgehead atoms. The first-order valence-electron chi connectivity index (χ1n) is 10.8. The zero-order chi connectivity index (χ0) is 22.5. The minimum Gasteiger partial charge on any atom is -0.464 e. The van der Waals surface area contributed by atoms with Gasteiger partial charge in [-0.2, -0.15) is 0 Å². The van der Waals surface area contributed by atoms with Gasteiger partial charge in [-0.05, 0) is 43.7 Å². The fraction of sp³-hybridized carbons (Fsp3) is 0.280. The molecule has 0 spiro atoms. The summed E-state index contributed by atoms with van der Waals surface area (Å²) in [6.07, 6.45) is 4.65. The van der Waals surface area contributed by atoms with E-state index in [-0.39, 0.29) is 12.5 Å². The van der Waals surface area contributed by atoms with Gasteiger partial charge in [-0.1, -0.05) is 36.4 Å². The first-order valence-corrected chi connectivity index (χ1v) is 10.8. The lowest BCUT2D eigenvalue weighted by Gasteiger charge is -2.21. The maximum absolute atomic E-state index is 13.1. The Balaban J connectivity index is 1.52. The Kier molecular flexibility index (Phi) is 6.56. The monoisotopic (exact) mass is 432 g/mol. The van der Waals surface area contributed by atoms with Crippen molar-refractivity contribution >= 4 is 33.7 Å². The van der Waals surface area contributed by atoms with Gasteiger partial charge in [0.15, 0.2) is 0 Å². The van der Waals surface area contributed by atoms with E-state index in [1.807, 2.05) is 60.9 Å². The van der Waals surface area contributed by atoms with E-state index in [0.29, 0.717) is 12.8 Å². The number of rotatable bonds is 9. The van der Waals surface area contributed by atoms with Crippen LogP contribution < -0.4 is 10.6 Å². The summed E-state index contributed by atoms with van der Waals surface area (Å²) in [6.45, 7) is 2.01. The van der Waals surface area contributed by atoms with Crippen molar-refractivity contribution < 1.29 is 14.3 Å². The second-order valence-electron chi connectivity index (χ2n) is 7.78. The molecule has 0 aliphatic rings. The van der Waals surface area contributed by atoms with Crippen LogP contribution in [0.25, 0.3) is 21.8 Å². The van der Waals surface area contributed by atoms with Crippen LogP contribution in [-0.2, 0) is 27.2 Å². The number of para-hydroxylation sites is 2. The number of carbonyl (C=O) groups excluding carboxylic acids is 2. The quantitative estimate of drug-likeness (QED) is 0.306. The van der Waals surface area contributed by atoms with Crippen molar-refractivity contribution in [3.8, 4) is 0 Å². The first-order chi connectivity index (χ1) is 15.6. The van der Waals surface area contributed by atoms with Gasteiger partial charge < -0.3 is 25.3 Å². The summed E-state index contributed by atoms with van der Waals surface area (Å²) < 4.78 is 5.25. The number of hydrogen-bond acceptors (Lipinski definition) is 4. The molecule has 2 aromatic heterocycles. The number of carbonyl (C=O) groups is 2. The highest BCUT2D eigenvalue weighted by atomic mass is 16.5. The molecule has 0 fully saturated rings. The number of amides is 1. The van der Waals surface area contributed by atoms with Gasteiger partial charge in [-0.25, -0.2) is 4.79 Å². The van der Waals surface area contributed by atoms with Crippen LogP contribution in [0.5, 0.6) is 0 Å². The minimum absolute atomic E-state index is 0.240. The molecule has 2 atom stereocenters. The second kappa shape index (κ2) is 9.70. The van der Waals surface area contributed by atoms with Crippen LogP contribution in [0.2, 0.25) is 0 Å². The Morgan fingerprint density at radius 2 is 1.41 bits per heavy atom. The third-order valence-corrected chi connectivity index (χ3v) is 5.75. The number of aromatic amines is 2. The number of ether oxygens (including phenoxy) is 1. The first kappa shape index (κ1) is 21.6. The van der Waals surface area contributed by atoms with Gasteiger partial charge in [-0.15, -0.1) is 0 Å². The Labute approximate surface area is 186 Å². The number of H-pyrrole nitrogens is 2. The summed E-state index contributed by atoms with van der Waals surface area (Å²) in [7, 11) is 1.75. The Bertz CT molecular complexity index is 1230. The van der Waals surface area contributed by atoms with E-state index < -0.39 is 18.1 Å². The normalized spacial score (nSPS) is 13.2. The number of nitrogens with one attached hydrogen (secondary N) is 4. The summed E-state index contributed by atoms with van der Waals surface area (Å²) in [5.74, 6) is -0.677. The van der Waals surface area contributed by atoms with Crippen molar-refractivity contribution in [2.45, 2.75) is 31.8 Å². The van der Waals surface area contributed by atoms with Crippen molar-refractivity contribution in [2.75, 3.05) is 13.7 Å². The van der Waals surface area contributed by atoms with E-state index >= 15 is 0 Å². The molecule has 2 heterocycles. The van der Waals surface area contributed by atoms with Crippen molar-refractivity contribution in [1.82, 2.24) is 20.6 Å². The van der Waals surface area contributed by atoms with Crippen molar-refractivity contribution in [1.29, 1.82) is 0 Å².